The molecule has 0 amide bonds. The summed E-state index contributed by atoms with van der Waals surface area (Å²) in [6.07, 6.45) is 1.06. The summed E-state index contributed by atoms with van der Waals surface area (Å²) < 4.78 is 9.64. The van der Waals surface area contributed by atoms with Gasteiger partial charge >= 0.3 is 0 Å². The summed E-state index contributed by atoms with van der Waals surface area (Å²) in [6, 6.07) is 0. The second kappa shape index (κ2) is 8.40. The van der Waals surface area contributed by atoms with Crippen LogP contribution in [0.2, 0.25) is 0 Å². The van der Waals surface area contributed by atoms with Gasteiger partial charge in [0.05, 0.1) is 6.61 Å². The molecule has 0 aromatic rings. The third-order valence-electron chi connectivity index (χ3n) is 1.79. The Bertz CT molecular complexity index is 206. The molecule has 15 heavy (non-hydrogen) atoms. The van der Waals surface area contributed by atoms with Crippen molar-refractivity contribution in [1.29, 1.82) is 0 Å². The number of hydrogen-bond donors (Lipinski definition) is 2. The number of aliphatic hydroxyl groups is 1. The zero-order valence-corrected chi connectivity index (χ0v) is 9.40. The molecule has 0 saturated carbocycles. The van der Waals surface area contributed by atoms with Crippen molar-refractivity contribution in [3.8, 4) is 0 Å². The van der Waals surface area contributed by atoms with Gasteiger partial charge in [-0.3, -0.25) is 4.79 Å². The first-order chi connectivity index (χ1) is 7.17. The van der Waals surface area contributed by atoms with E-state index in [2.05, 4.69) is 5.32 Å². The van der Waals surface area contributed by atoms with E-state index in [1.54, 1.807) is 0 Å². The summed E-state index contributed by atoms with van der Waals surface area (Å²) in [4.78, 5) is 11.5. The maximum atomic E-state index is 11.5. The molecule has 0 aromatic heterocycles. The number of methoxy groups -OCH3 is 2. The van der Waals surface area contributed by atoms with E-state index in [1.807, 2.05) is 6.92 Å². The molecule has 0 unspecified atom stereocenters. The van der Waals surface area contributed by atoms with E-state index >= 15 is 0 Å². The monoisotopic (exact) mass is 217 g/mol. The van der Waals surface area contributed by atoms with E-state index in [4.69, 9.17) is 9.47 Å². The largest absolute Gasteiger partial charge is 0.391 e. The first kappa shape index (κ1) is 14.1. The average Bonchev–Trinajstić information content (AvgIpc) is 2.19. The van der Waals surface area contributed by atoms with Crippen LogP contribution in [0.15, 0.2) is 12.3 Å². The molecule has 0 heterocycles. The normalized spacial score (nSPS) is 15.2. The van der Waals surface area contributed by atoms with Gasteiger partial charge in [-0.05, 0) is 13.0 Å². The quantitative estimate of drug-likeness (QED) is 0.546. The number of rotatable bonds is 8. The third-order valence-corrected chi connectivity index (χ3v) is 1.79. The molecule has 0 fully saturated rings. The summed E-state index contributed by atoms with van der Waals surface area (Å²) in [7, 11) is 2.83. The Morgan fingerprint density at radius 3 is 2.67 bits per heavy atom. The van der Waals surface area contributed by atoms with Gasteiger partial charge in [0, 0.05) is 27.0 Å². The molecule has 0 aromatic carbocycles. The smallest absolute Gasteiger partial charge is 0.188 e. The molecule has 0 rings (SSSR count). The Kier molecular flexibility index (Phi) is 7.89. The van der Waals surface area contributed by atoms with Gasteiger partial charge < -0.3 is 19.9 Å². The van der Waals surface area contributed by atoms with E-state index in [-0.39, 0.29) is 12.4 Å². The van der Waals surface area contributed by atoms with Gasteiger partial charge in [-0.25, -0.2) is 0 Å². The van der Waals surface area contributed by atoms with Crippen molar-refractivity contribution in [2.24, 2.45) is 0 Å². The lowest BCUT2D eigenvalue weighted by atomic mass is 10.1. The fraction of sp³-hybridized carbons (Fsp3) is 0.700. The highest BCUT2D eigenvalue weighted by Gasteiger charge is 2.24. The number of carbonyl (C=O) groups excluding carboxylic acids is 1. The van der Waals surface area contributed by atoms with Gasteiger partial charge in [0.2, 0.25) is 0 Å². The lowest BCUT2D eigenvalue weighted by molar-refractivity contribution is -0.133. The molecular weight excluding hydrogens is 198 g/mol. The zero-order chi connectivity index (χ0) is 11.7. The van der Waals surface area contributed by atoms with Crippen molar-refractivity contribution in [3.63, 3.8) is 0 Å². The number of nitrogens with one attached hydrogen (secondary N) is 1. The minimum absolute atomic E-state index is 0.0687. The van der Waals surface area contributed by atoms with Crippen LogP contribution in [0.4, 0.5) is 0 Å². The van der Waals surface area contributed by atoms with Crippen molar-refractivity contribution >= 4 is 5.78 Å². The predicted molar refractivity (Wildman–Crippen MR) is 56.5 cm³/mol. The molecule has 0 aliphatic carbocycles. The third kappa shape index (κ3) is 5.51. The Balaban J connectivity index is 4.20. The van der Waals surface area contributed by atoms with Gasteiger partial charge in [0.25, 0.3) is 0 Å². The number of ketones is 1. The lowest BCUT2D eigenvalue weighted by Crippen LogP contribution is -2.37. The number of aliphatic hydroxyl groups excluding tert-OH is 1. The Hall–Kier alpha value is -0.910. The highest BCUT2D eigenvalue weighted by atomic mass is 16.5. The fourth-order valence-corrected chi connectivity index (χ4v) is 1.07. The van der Waals surface area contributed by atoms with Crippen LogP contribution in [0.1, 0.15) is 6.92 Å². The highest BCUT2D eigenvalue weighted by molar-refractivity contribution is 5.93. The standard InChI is InChI=1S/C10H19NO4/c1-4-11-6-5-8(12)10(15-3)9(13)7-14-2/h5-6,9-11,13H,4,7H2,1-3H3/b6-5+/t9-,10-/m1/s1. The van der Waals surface area contributed by atoms with E-state index < -0.39 is 12.2 Å². The number of carbonyl (C=O) groups is 1. The second-order valence-electron chi connectivity index (χ2n) is 2.97. The van der Waals surface area contributed by atoms with Crippen molar-refractivity contribution in [3.05, 3.63) is 12.3 Å². The Morgan fingerprint density at radius 2 is 2.20 bits per heavy atom. The molecular formula is C10H19NO4. The van der Waals surface area contributed by atoms with Crippen LogP contribution < -0.4 is 5.32 Å². The van der Waals surface area contributed by atoms with Crippen LogP contribution >= 0.6 is 0 Å². The second-order valence-corrected chi connectivity index (χ2v) is 2.97. The molecule has 0 aliphatic heterocycles. The van der Waals surface area contributed by atoms with Crippen molar-refractivity contribution in [1.82, 2.24) is 5.32 Å². The van der Waals surface area contributed by atoms with Gasteiger partial charge in [-0.1, -0.05) is 0 Å². The molecule has 0 spiro atoms. The maximum absolute atomic E-state index is 11.5. The molecule has 0 radical (unpaired) electrons. The van der Waals surface area contributed by atoms with Crippen LogP contribution in [0, 0.1) is 0 Å². The molecule has 2 atom stereocenters. The molecule has 0 bridgehead atoms. The van der Waals surface area contributed by atoms with Crippen LogP contribution in [0.5, 0.6) is 0 Å². The fourth-order valence-electron chi connectivity index (χ4n) is 1.07. The summed E-state index contributed by atoms with van der Waals surface area (Å²) in [5.41, 5.74) is 0. The summed E-state index contributed by atoms with van der Waals surface area (Å²) in [5, 5.41) is 12.4. The van der Waals surface area contributed by atoms with E-state index in [9.17, 15) is 9.90 Å². The molecule has 5 heteroatoms. The molecule has 5 nitrogen and oxygen atoms in total. The molecule has 88 valence electrons. The van der Waals surface area contributed by atoms with Crippen LogP contribution in [0.3, 0.4) is 0 Å². The first-order valence-electron chi connectivity index (χ1n) is 4.80. The minimum Gasteiger partial charge on any atom is -0.391 e. The van der Waals surface area contributed by atoms with Crippen LogP contribution in [-0.2, 0) is 14.3 Å². The zero-order valence-electron chi connectivity index (χ0n) is 9.40. The molecule has 0 saturated heterocycles. The SMILES string of the molecule is CCN/C=C/C(=O)[C@@H](OC)[C@H](O)COC. The van der Waals surface area contributed by atoms with E-state index in [0.717, 1.165) is 6.54 Å². The summed E-state index contributed by atoms with van der Waals surface area (Å²) >= 11 is 0. The average molecular weight is 217 g/mol. The van der Waals surface area contributed by atoms with Gasteiger partial charge in [0.15, 0.2) is 5.78 Å². The van der Waals surface area contributed by atoms with E-state index in [0.29, 0.717) is 0 Å². The summed E-state index contributed by atoms with van der Waals surface area (Å²) in [5.74, 6) is -0.289. The Labute approximate surface area is 90.1 Å². The van der Waals surface area contributed by atoms with Gasteiger partial charge in [0.1, 0.15) is 12.2 Å². The van der Waals surface area contributed by atoms with E-state index in [1.165, 1.54) is 26.5 Å². The van der Waals surface area contributed by atoms with Crippen molar-refractivity contribution < 1.29 is 19.4 Å². The van der Waals surface area contributed by atoms with Crippen molar-refractivity contribution in [2.45, 2.75) is 19.1 Å². The van der Waals surface area contributed by atoms with Gasteiger partial charge in [-0.2, -0.15) is 0 Å². The Morgan fingerprint density at radius 1 is 1.53 bits per heavy atom. The number of ether oxygens (including phenoxy) is 2. The lowest BCUT2D eigenvalue weighted by Gasteiger charge is -2.18. The minimum atomic E-state index is -0.946. The highest BCUT2D eigenvalue weighted by Crippen LogP contribution is 2.01. The molecule has 2 N–H and O–H groups in total. The van der Waals surface area contributed by atoms with Crippen LogP contribution in [0.25, 0.3) is 0 Å². The molecule has 0 aliphatic rings. The van der Waals surface area contributed by atoms with Crippen LogP contribution in [-0.4, -0.2) is 50.5 Å². The number of hydrogen-bond acceptors (Lipinski definition) is 5. The summed E-state index contributed by atoms with van der Waals surface area (Å²) in [6.45, 7) is 2.73. The van der Waals surface area contributed by atoms with Crippen molar-refractivity contribution in [2.75, 3.05) is 27.4 Å². The maximum Gasteiger partial charge on any atom is 0.188 e. The van der Waals surface area contributed by atoms with Gasteiger partial charge in [-0.15, -0.1) is 0 Å². The predicted octanol–water partition coefficient (Wildman–Crippen LogP) is -0.299. The first-order valence-corrected chi connectivity index (χ1v) is 4.80. The topological polar surface area (TPSA) is 67.8 Å².